The Labute approximate surface area is 87.5 Å². The van der Waals surface area contributed by atoms with E-state index in [0.717, 1.165) is 16.5 Å². The lowest BCUT2D eigenvalue weighted by molar-refractivity contribution is -0.139. The van der Waals surface area contributed by atoms with Gasteiger partial charge in [-0.15, -0.1) is 0 Å². The smallest absolute Gasteiger partial charge is 0.309 e. The Kier molecular flexibility index (Phi) is 2.41. The molecule has 15 heavy (non-hydrogen) atoms. The van der Waals surface area contributed by atoms with Gasteiger partial charge in [0, 0.05) is 12.4 Å². The van der Waals surface area contributed by atoms with E-state index in [4.69, 9.17) is 0 Å². The van der Waals surface area contributed by atoms with Crippen LogP contribution in [-0.4, -0.2) is 22.9 Å². The first-order chi connectivity index (χ1) is 7.20. The molecule has 0 saturated heterocycles. The standard InChI is InChI=1S/C11H12N2O2/c1-13-10-5-8(6-11(14)15-2)3-4-9(10)7-12-13/h3-5,7H,6H2,1-2H3. The molecule has 0 unspecified atom stereocenters. The molecule has 2 aromatic rings. The molecular weight excluding hydrogens is 192 g/mol. The monoisotopic (exact) mass is 204 g/mol. The zero-order valence-electron chi connectivity index (χ0n) is 8.73. The highest BCUT2D eigenvalue weighted by Gasteiger charge is 2.05. The molecule has 2 rings (SSSR count). The van der Waals surface area contributed by atoms with Crippen molar-refractivity contribution in [1.82, 2.24) is 9.78 Å². The van der Waals surface area contributed by atoms with E-state index in [2.05, 4.69) is 9.84 Å². The van der Waals surface area contributed by atoms with Gasteiger partial charge >= 0.3 is 5.97 Å². The third-order valence-electron chi connectivity index (χ3n) is 2.39. The molecule has 1 heterocycles. The molecule has 1 aromatic carbocycles. The number of hydrogen-bond acceptors (Lipinski definition) is 3. The highest BCUT2D eigenvalue weighted by Crippen LogP contribution is 2.15. The van der Waals surface area contributed by atoms with Gasteiger partial charge in [0.05, 0.1) is 25.2 Å². The highest BCUT2D eigenvalue weighted by atomic mass is 16.5. The maximum atomic E-state index is 11.1. The second-order valence-corrected chi connectivity index (χ2v) is 3.41. The Morgan fingerprint density at radius 3 is 3.07 bits per heavy atom. The molecule has 0 aliphatic rings. The van der Waals surface area contributed by atoms with Crippen LogP contribution in [0.3, 0.4) is 0 Å². The number of nitrogens with zero attached hydrogens (tertiary/aromatic N) is 2. The number of aromatic nitrogens is 2. The SMILES string of the molecule is COC(=O)Cc1ccc2cnn(C)c2c1. The van der Waals surface area contributed by atoms with Gasteiger partial charge in [-0.2, -0.15) is 5.10 Å². The summed E-state index contributed by atoms with van der Waals surface area (Å²) in [5.41, 5.74) is 1.97. The third kappa shape index (κ3) is 1.83. The van der Waals surface area contributed by atoms with E-state index >= 15 is 0 Å². The zero-order valence-corrected chi connectivity index (χ0v) is 8.73. The lowest BCUT2D eigenvalue weighted by atomic mass is 10.1. The summed E-state index contributed by atoms with van der Waals surface area (Å²) in [6.07, 6.45) is 2.11. The van der Waals surface area contributed by atoms with Gasteiger partial charge in [0.1, 0.15) is 0 Å². The van der Waals surface area contributed by atoms with Crippen molar-refractivity contribution in [3.05, 3.63) is 30.0 Å². The normalized spacial score (nSPS) is 10.5. The number of rotatable bonds is 2. The Morgan fingerprint density at radius 2 is 2.33 bits per heavy atom. The van der Waals surface area contributed by atoms with Crippen molar-refractivity contribution in [2.75, 3.05) is 7.11 Å². The van der Waals surface area contributed by atoms with Crippen LogP contribution < -0.4 is 0 Å². The fourth-order valence-electron chi connectivity index (χ4n) is 1.54. The molecule has 0 fully saturated rings. The van der Waals surface area contributed by atoms with Crippen molar-refractivity contribution < 1.29 is 9.53 Å². The van der Waals surface area contributed by atoms with Gasteiger partial charge in [-0.1, -0.05) is 12.1 Å². The largest absolute Gasteiger partial charge is 0.469 e. The van der Waals surface area contributed by atoms with Crippen LogP contribution in [-0.2, 0) is 23.0 Å². The van der Waals surface area contributed by atoms with E-state index in [0.29, 0.717) is 6.42 Å². The Hall–Kier alpha value is -1.84. The minimum atomic E-state index is -0.225. The number of benzene rings is 1. The fraction of sp³-hybridized carbons (Fsp3) is 0.273. The van der Waals surface area contributed by atoms with Crippen molar-refractivity contribution >= 4 is 16.9 Å². The zero-order chi connectivity index (χ0) is 10.8. The number of carbonyl (C=O) groups excluding carboxylic acids is 1. The van der Waals surface area contributed by atoms with E-state index in [9.17, 15) is 4.79 Å². The summed E-state index contributed by atoms with van der Waals surface area (Å²) >= 11 is 0. The highest BCUT2D eigenvalue weighted by molar-refractivity contribution is 5.81. The van der Waals surface area contributed by atoms with Crippen molar-refractivity contribution in [1.29, 1.82) is 0 Å². The summed E-state index contributed by atoms with van der Waals surface area (Å²) < 4.78 is 6.40. The van der Waals surface area contributed by atoms with Gasteiger partial charge in [0.2, 0.25) is 0 Å². The number of aryl methyl sites for hydroxylation is 1. The molecular formula is C11H12N2O2. The Morgan fingerprint density at radius 1 is 1.53 bits per heavy atom. The average Bonchev–Trinajstić information content (AvgIpc) is 2.60. The molecule has 0 spiro atoms. The van der Waals surface area contributed by atoms with E-state index in [1.165, 1.54) is 7.11 Å². The van der Waals surface area contributed by atoms with E-state index < -0.39 is 0 Å². The number of esters is 1. The van der Waals surface area contributed by atoms with E-state index in [1.54, 1.807) is 10.9 Å². The molecule has 0 aliphatic carbocycles. The predicted octanol–water partition coefficient (Wildman–Crippen LogP) is 1.29. The van der Waals surface area contributed by atoms with Gasteiger partial charge < -0.3 is 4.74 Å². The topological polar surface area (TPSA) is 44.1 Å². The quantitative estimate of drug-likeness (QED) is 0.692. The fourth-order valence-corrected chi connectivity index (χ4v) is 1.54. The van der Waals surface area contributed by atoms with Crippen molar-refractivity contribution in [3.8, 4) is 0 Å². The molecule has 78 valence electrons. The van der Waals surface area contributed by atoms with E-state index in [-0.39, 0.29) is 5.97 Å². The second kappa shape index (κ2) is 3.73. The number of fused-ring (bicyclic) bond motifs is 1. The van der Waals surface area contributed by atoms with E-state index in [1.807, 2.05) is 25.2 Å². The van der Waals surface area contributed by atoms with Gasteiger partial charge in [-0.3, -0.25) is 9.48 Å². The van der Waals surface area contributed by atoms with Crippen LogP contribution in [0.2, 0.25) is 0 Å². The summed E-state index contributed by atoms with van der Waals surface area (Å²) in [5, 5.41) is 5.21. The minimum Gasteiger partial charge on any atom is -0.469 e. The molecule has 0 radical (unpaired) electrons. The van der Waals surface area contributed by atoms with Gasteiger partial charge in [-0.05, 0) is 11.6 Å². The molecule has 0 aliphatic heterocycles. The van der Waals surface area contributed by atoms with Crippen LogP contribution in [0.25, 0.3) is 10.9 Å². The van der Waals surface area contributed by atoms with Crippen LogP contribution >= 0.6 is 0 Å². The molecule has 0 bridgehead atoms. The van der Waals surface area contributed by atoms with Crippen LogP contribution in [0.15, 0.2) is 24.4 Å². The minimum absolute atomic E-state index is 0.225. The van der Waals surface area contributed by atoms with Crippen molar-refractivity contribution in [2.45, 2.75) is 6.42 Å². The molecule has 0 saturated carbocycles. The van der Waals surface area contributed by atoms with Crippen molar-refractivity contribution in [3.63, 3.8) is 0 Å². The van der Waals surface area contributed by atoms with Gasteiger partial charge in [0.25, 0.3) is 0 Å². The molecule has 4 heteroatoms. The summed E-state index contributed by atoms with van der Waals surface area (Å²) in [6.45, 7) is 0. The summed E-state index contributed by atoms with van der Waals surface area (Å²) in [4.78, 5) is 11.1. The maximum Gasteiger partial charge on any atom is 0.309 e. The molecule has 0 N–H and O–H groups in total. The second-order valence-electron chi connectivity index (χ2n) is 3.41. The lowest BCUT2D eigenvalue weighted by Gasteiger charge is -2.01. The van der Waals surface area contributed by atoms with Crippen molar-refractivity contribution in [2.24, 2.45) is 7.05 Å². The number of ether oxygens (including phenoxy) is 1. The van der Waals surface area contributed by atoms with Crippen LogP contribution in [0.1, 0.15) is 5.56 Å². The summed E-state index contributed by atoms with van der Waals surface area (Å²) in [7, 11) is 3.27. The summed E-state index contributed by atoms with van der Waals surface area (Å²) in [5.74, 6) is -0.225. The Bertz CT molecular complexity index is 502. The molecule has 4 nitrogen and oxygen atoms in total. The first-order valence-corrected chi connectivity index (χ1v) is 4.68. The first kappa shape index (κ1) is 9.71. The molecule has 0 atom stereocenters. The first-order valence-electron chi connectivity index (χ1n) is 4.68. The lowest BCUT2D eigenvalue weighted by Crippen LogP contribution is -2.04. The predicted molar refractivity (Wildman–Crippen MR) is 56.4 cm³/mol. The Balaban J connectivity index is 2.37. The maximum absolute atomic E-state index is 11.1. The number of methoxy groups -OCH3 is 1. The van der Waals surface area contributed by atoms with Crippen LogP contribution in [0.5, 0.6) is 0 Å². The summed E-state index contributed by atoms with van der Waals surface area (Å²) in [6, 6.07) is 5.83. The molecule has 0 amide bonds. The molecule has 1 aromatic heterocycles. The number of hydrogen-bond donors (Lipinski definition) is 0. The van der Waals surface area contributed by atoms with Crippen LogP contribution in [0.4, 0.5) is 0 Å². The third-order valence-corrected chi connectivity index (χ3v) is 2.39. The average molecular weight is 204 g/mol. The number of carbonyl (C=O) groups is 1. The van der Waals surface area contributed by atoms with Gasteiger partial charge in [0.15, 0.2) is 0 Å². The van der Waals surface area contributed by atoms with Gasteiger partial charge in [-0.25, -0.2) is 0 Å². The van der Waals surface area contributed by atoms with Crippen LogP contribution in [0, 0.1) is 0 Å².